The van der Waals surface area contributed by atoms with E-state index >= 15 is 0 Å². The first-order valence-electron chi connectivity index (χ1n) is 4.78. The summed E-state index contributed by atoms with van der Waals surface area (Å²) in [5.74, 6) is 0.371. The number of nitrogens with zero attached hydrogens (tertiary/aromatic N) is 1. The van der Waals surface area contributed by atoms with Gasteiger partial charge in [-0.05, 0) is 30.5 Å². The van der Waals surface area contributed by atoms with Gasteiger partial charge in [0.25, 0.3) is 0 Å². The van der Waals surface area contributed by atoms with Crippen molar-refractivity contribution < 1.29 is 0 Å². The van der Waals surface area contributed by atoms with Crippen molar-refractivity contribution in [2.75, 3.05) is 0 Å². The van der Waals surface area contributed by atoms with Gasteiger partial charge in [-0.1, -0.05) is 26.0 Å². The molecule has 0 saturated carbocycles. The first kappa shape index (κ1) is 10.7. The summed E-state index contributed by atoms with van der Waals surface area (Å²) >= 11 is 0. The largest absolute Gasteiger partial charge is 0.321 e. The molecule has 0 bridgehead atoms. The van der Waals surface area contributed by atoms with Gasteiger partial charge >= 0.3 is 0 Å². The van der Waals surface area contributed by atoms with Gasteiger partial charge in [0.05, 0.1) is 11.6 Å². The van der Waals surface area contributed by atoms with Crippen molar-refractivity contribution >= 4 is 0 Å². The zero-order valence-corrected chi connectivity index (χ0v) is 8.91. The van der Waals surface area contributed by atoms with E-state index in [1.54, 1.807) is 0 Å². The second-order valence-electron chi connectivity index (χ2n) is 4.13. The molecule has 0 aliphatic heterocycles. The Kier molecular flexibility index (Phi) is 2.93. The summed E-state index contributed by atoms with van der Waals surface area (Å²) < 4.78 is 0. The van der Waals surface area contributed by atoms with E-state index < -0.39 is 0 Å². The molecular formula is C12H16N2. The van der Waals surface area contributed by atoms with Crippen LogP contribution in [-0.2, 0) is 5.54 Å². The van der Waals surface area contributed by atoms with Crippen molar-refractivity contribution in [2.24, 2.45) is 11.7 Å². The van der Waals surface area contributed by atoms with E-state index in [0.29, 0.717) is 11.5 Å². The molecule has 1 rings (SSSR count). The number of nitrogens with two attached hydrogens (primary N) is 1. The first-order chi connectivity index (χ1) is 6.48. The lowest BCUT2D eigenvalue weighted by Gasteiger charge is -2.29. The lowest BCUT2D eigenvalue weighted by atomic mass is 9.82. The Labute approximate surface area is 85.4 Å². The van der Waals surface area contributed by atoms with E-state index in [1.807, 2.05) is 31.2 Å². The molecule has 1 unspecified atom stereocenters. The maximum Gasteiger partial charge on any atom is 0.0991 e. The van der Waals surface area contributed by atoms with Gasteiger partial charge in [-0.3, -0.25) is 0 Å². The number of rotatable bonds is 2. The van der Waals surface area contributed by atoms with Crippen LogP contribution in [0, 0.1) is 17.2 Å². The van der Waals surface area contributed by atoms with Crippen molar-refractivity contribution in [3.63, 3.8) is 0 Å². The Morgan fingerprint density at radius 3 is 2.14 bits per heavy atom. The molecule has 2 N–H and O–H groups in total. The minimum absolute atomic E-state index is 0.325. The fourth-order valence-corrected chi connectivity index (χ4v) is 1.24. The molecule has 14 heavy (non-hydrogen) atoms. The molecular weight excluding hydrogens is 172 g/mol. The molecule has 0 fully saturated rings. The summed E-state index contributed by atoms with van der Waals surface area (Å²) in [6.45, 7) is 6.20. The lowest BCUT2D eigenvalue weighted by Crippen LogP contribution is -2.38. The standard InChI is InChI=1S/C12H16N2/c1-9(2)12(3,14)11-6-4-10(8-13)5-7-11/h4-7,9H,14H2,1-3H3. The second kappa shape index (κ2) is 3.81. The molecule has 2 heteroatoms. The Morgan fingerprint density at radius 2 is 1.79 bits per heavy atom. The van der Waals surface area contributed by atoms with Crippen LogP contribution in [0.25, 0.3) is 0 Å². The van der Waals surface area contributed by atoms with Gasteiger partial charge in [0, 0.05) is 5.54 Å². The Hall–Kier alpha value is -1.33. The zero-order valence-electron chi connectivity index (χ0n) is 8.91. The molecule has 0 aromatic heterocycles. The fraction of sp³-hybridized carbons (Fsp3) is 0.417. The van der Waals surface area contributed by atoms with E-state index in [4.69, 9.17) is 11.0 Å². The second-order valence-corrected chi connectivity index (χ2v) is 4.13. The van der Waals surface area contributed by atoms with Gasteiger partial charge in [0.1, 0.15) is 0 Å². The van der Waals surface area contributed by atoms with Crippen LogP contribution < -0.4 is 5.73 Å². The van der Waals surface area contributed by atoms with Gasteiger partial charge in [-0.2, -0.15) is 5.26 Å². The van der Waals surface area contributed by atoms with Crippen LogP contribution in [-0.4, -0.2) is 0 Å². The van der Waals surface area contributed by atoms with E-state index in [9.17, 15) is 0 Å². The number of benzene rings is 1. The molecule has 0 aliphatic rings. The van der Waals surface area contributed by atoms with Crippen molar-refractivity contribution in [2.45, 2.75) is 26.3 Å². The molecule has 0 saturated heterocycles. The Morgan fingerprint density at radius 1 is 1.29 bits per heavy atom. The first-order valence-corrected chi connectivity index (χ1v) is 4.78. The number of hydrogen-bond donors (Lipinski definition) is 1. The van der Waals surface area contributed by atoms with Gasteiger partial charge in [-0.25, -0.2) is 0 Å². The lowest BCUT2D eigenvalue weighted by molar-refractivity contribution is 0.350. The predicted octanol–water partition coefficient (Wildman–Crippen LogP) is 2.39. The molecule has 0 heterocycles. The van der Waals surface area contributed by atoms with Crippen LogP contribution in [0.5, 0.6) is 0 Å². The fourth-order valence-electron chi connectivity index (χ4n) is 1.24. The van der Waals surface area contributed by atoms with Crippen LogP contribution in [0.4, 0.5) is 0 Å². The average Bonchev–Trinajstić information content (AvgIpc) is 2.17. The molecule has 0 radical (unpaired) electrons. The number of nitriles is 1. The zero-order chi connectivity index (χ0) is 10.8. The van der Waals surface area contributed by atoms with Crippen LogP contribution in [0.15, 0.2) is 24.3 Å². The summed E-state index contributed by atoms with van der Waals surface area (Å²) in [4.78, 5) is 0. The van der Waals surface area contributed by atoms with Gasteiger partial charge in [-0.15, -0.1) is 0 Å². The molecule has 1 atom stereocenters. The van der Waals surface area contributed by atoms with Gasteiger partial charge in [0.15, 0.2) is 0 Å². The van der Waals surface area contributed by atoms with Crippen LogP contribution in [0.3, 0.4) is 0 Å². The van der Waals surface area contributed by atoms with Crippen LogP contribution >= 0.6 is 0 Å². The normalized spacial score (nSPS) is 14.9. The molecule has 0 aliphatic carbocycles. The van der Waals surface area contributed by atoms with Gasteiger partial charge < -0.3 is 5.73 Å². The summed E-state index contributed by atoms with van der Waals surface area (Å²) in [6.07, 6.45) is 0. The molecule has 0 amide bonds. The minimum atomic E-state index is -0.325. The Balaban J connectivity index is 3.04. The Bertz CT molecular complexity index is 342. The average molecular weight is 188 g/mol. The summed E-state index contributed by atoms with van der Waals surface area (Å²) in [5, 5.41) is 8.66. The molecule has 1 aromatic carbocycles. The third-order valence-electron chi connectivity index (χ3n) is 2.84. The van der Waals surface area contributed by atoms with Crippen LogP contribution in [0.1, 0.15) is 31.9 Å². The van der Waals surface area contributed by atoms with E-state index in [-0.39, 0.29) is 5.54 Å². The minimum Gasteiger partial charge on any atom is -0.321 e. The van der Waals surface area contributed by atoms with Crippen molar-refractivity contribution in [3.8, 4) is 6.07 Å². The highest BCUT2D eigenvalue weighted by Gasteiger charge is 2.24. The predicted molar refractivity (Wildman–Crippen MR) is 57.5 cm³/mol. The van der Waals surface area contributed by atoms with Crippen molar-refractivity contribution in [1.29, 1.82) is 5.26 Å². The quantitative estimate of drug-likeness (QED) is 0.774. The van der Waals surface area contributed by atoms with E-state index in [2.05, 4.69) is 19.9 Å². The third kappa shape index (κ3) is 1.94. The van der Waals surface area contributed by atoms with E-state index in [0.717, 1.165) is 5.56 Å². The van der Waals surface area contributed by atoms with Crippen LogP contribution in [0.2, 0.25) is 0 Å². The maximum atomic E-state index is 8.66. The molecule has 74 valence electrons. The topological polar surface area (TPSA) is 49.8 Å². The highest BCUT2D eigenvalue weighted by atomic mass is 14.7. The maximum absolute atomic E-state index is 8.66. The third-order valence-corrected chi connectivity index (χ3v) is 2.84. The molecule has 0 spiro atoms. The van der Waals surface area contributed by atoms with Gasteiger partial charge in [0.2, 0.25) is 0 Å². The summed E-state index contributed by atoms with van der Waals surface area (Å²) in [6, 6.07) is 9.57. The summed E-state index contributed by atoms with van der Waals surface area (Å²) in [7, 11) is 0. The monoisotopic (exact) mass is 188 g/mol. The molecule has 1 aromatic rings. The summed E-state index contributed by atoms with van der Waals surface area (Å²) in [5.41, 5.74) is 7.61. The highest BCUT2D eigenvalue weighted by molar-refractivity contribution is 5.34. The van der Waals surface area contributed by atoms with E-state index in [1.165, 1.54) is 0 Å². The smallest absolute Gasteiger partial charge is 0.0991 e. The van der Waals surface area contributed by atoms with Crippen molar-refractivity contribution in [1.82, 2.24) is 0 Å². The SMILES string of the molecule is CC(C)C(C)(N)c1ccc(C#N)cc1. The molecule has 2 nitrogen and oxygen atoms in total. The number of hydrogen-bond acceptors (Lipinski definition) is 2. The van der Waals surface area contributed by atoms with Crippen molar-refractivity contribution in [3.05, 3.63) is 35.4 Å². The highest BCUT2D eigenvalue weighted by Crippen LogP contribution is 2.25.